The Morgan fingerprint density at radius 1 is 0.906 bits per heavy atom. The fourth-order valence-electron chi connectivity index (χ4n) is 3.82. The van der Waals surface area contributed by atoms with Gasteiger partial charge in [0.05, 0.1) is 5.69 Å². The number of fused-ring (bicyclic) bond motifs is 1. The molecule has 0 fully saturated rings. The van der Waals surface area contributed by atoms with Gasteiger partial charge in [-0.2, -0.15) is 0 Å². The number of ether oxygens (including phenoxy) is 2. The number of carbonyl (C=O) groups is 1. The molecule has 3 aromatic carbocycles. The summed E-state index contributed by atoms with van der Waals surface area (Å²) in [6.07, 6.45) is 0.340. The Labute approximate surface area is 190 Å². The molecule has 1 aromatic heterocycles. The lowest BCUT2D eigenvalue weighted by Gasteiger charge is -2.18. The molecular formula is C26H22N2O3S. The third-order valence-electron chi connectivity index (χ3n) is 5.38. The van der Waals surface area contributed by atoms with Crippen LogP contribution >= 0.6 is 11.3 Å². The molecule has 1 amide bonds. The van der Waals surface area contributed by atoms with Crippen molar-refractivity contribution in [2.75, 3.05) is 18.5 Å². The summed E-state index contributed by atoms with van der Waals surface area (Å²) in [5.74, 6) is 1.39. The minimum atomic E-state index is -0.0641. The molecule has 0 saturated carbocycles. The van der Waals surface area contributed by atoms with Crippen LogP contribution in [0.5, 0.6) is 11.5 Å². The monoisotopic (exact) mass is 442 g/mol. The van der Waals surface area contributed by atoms with E-state index in [2.05, 4.69) is 34.6 Å². The van der Waals surface area contributed by atoms with E-state index in [4.69, 9.17) is 9.47 Å². The van der Waals surface area contributed by atoms with Gasteiger partial charge in [0, 0.05) is 23.3 Å². The highest BCUT2D eigenvalue weighted by molar-refractivity contribution is 7.14. The molecule has 0 radical (unpaired) electrons. The Bertz CT molecular complexity index is 1170. The van der Waals surface area contributed by atoms with Crippen LogP contribution in [-0.2, 0) is 4.79 Å². The van der Waals surface area contributed by atoms with Crippen molar-refractivity contribution < 1.29 is 14.3 Å². The van der Waals surface area contributed by atoms with Gasteiger partial charge in [-0.25, -0.2) is 4.98 Å². The van der Waals surface area contributed by atoms with Crippen LogP contribution in [0.3, 0.4) is 0 Å². The minimum Gasteiger partial charge on any atom is -0.486 e. The average Bonchev–Trinajstić information content (AvgIpc) is 3.31. The van der Waals surface area contributed by atoms with Crippen molar-refractivity contribution >= 4 is 22.4 Å². The van der Waals surface area contributed by atoms with E-state index in [0.717, 1.165) is 33.9 Å². The minimum absolute atomic E-state index is 0.0189. The van der Waals surface area contributed by atoms with E-state index in [0.29, 0.717) is 24.8 Å². The SMILES string of the molecule is O=C(CC(c1ccccc1)c1ccccc1)Nc1nc(-c2ccc3c(c2)OCCO3)cs1. The van der Waals surface area contributed by atoms with Gasteiger partial charge in [-0.3, -0.25) is 4.79 Å². The van der Waals surface area contributed by atoms with Gasteiger partial charge < -0.3 is 14.8 Å². The molecule has 0 spiro atoms. The first kappa shape index (κ1) is 20.3. The molecule has 160 valence electrons. The number of anilines is 1. The van der Waals surface area contributed by atoms with E-state index in [1.807, 2.05) is 60.0 Å². The molecular weight excluding hydrogens is 420 g/mol. The highest BCUT2D eigenvalue weighted by Gasteiger charge is 2.19. The number of nitrogens with one attached hydrogen (secondary N) is 1. The average molecular weight is 443 g/mol. The Kier molecular flexibility index (Phi) is 5.85. The van der Waals surface area contributed by atoms with Crippen molar-refractivity contribution in [2.24, 2.45) is 0 Å². The van der Waals surface area contributed by atoms with Gasteiger partial charge in [-0.1, -0.05) is 60.7 Å². The van der Waals surface area contributed by atoms with E-state index < -0.39 is 0 Å². The van der Waals surface area contributed by atoms with Crippen molar-refractivity contribution in [2.45, 2.75) is 12.3 Å². The molecule has 1 aliphatic heterocycles. The lowest BCUT2D eigenvalue weighted by Crippen LogP contribution is -2.16. The highest BCUT2D eigenvalue weighted by Crippen LogP contribution is 2.35. The Balaban J connectivity index is 1.31. The summed E-state index contributed by atoms with van der Waals surface area (Å²) < 4.78 is 11.2. The molecule has 1 aliphatic rings. The first-order chi connectivity index (χ1) is 15.8. The first-order valence-electron chi connectivity index (χ1n) is 10.5. The third kappa shape index (κ3) is 4.50. The van der Waals surface area contributed by atoms with Crippen LogP contribution in [0.1, 0.15) is 23.5 Å². The number of carbonyl (C=O) groups excluding carboxylic acids is 1. The summed E-state index contributed by atoms with van der Waals surface area (Å²) in [5.41, 5.74) is 3.96. The second-order valence-electron chi connectivity index (χ2n) is 7.52. The molecule has 0 aliphatic carbocycles. The number of hydrogen-bond acceptors (Lipinski definition) is 5. The number of rotatable bonds is 6. The fourth-order valence-corrected chi connectivity index (χ4v) is 4.56. The molecule has 0 unspecified atom stereocenters. The quantitative estimate of drug-likeness (QED) is 0.414. The number of benzene rings is 3. The normalized spacial score (nSPS) is 12.5. The maximum Gasteiger partial charge on any atom is 0.227 e. The molecule has 32 heavy (non-hydrogen) atoms. The standard InChI is InChI=1S/C26H22N2O3S/c29-25(16-21(18-7-3-1-4-8-18)19-9-5-2-6-10-19)28-26-27-22(17-32-26)20-11-12-23-24(15-20)31-14-13-30-23/h1-12,15,17,21H,13-14,16H2,(H,27,28,29). The smallest absolute Gasteiger partial charge is 0.227 e. The number of amides is 1. The second-order valence-corrected chi connectivity index (χ2v) is 8.38. The van der Waals surface area contributed by atoms with Gasteiger partial charge in [0.2, 0.25) is 5.91 Å². The molecule has 5 nitrogen and oxygen atoms in total. The van der Waals surface area contributed by atoms with Gasteiger partial charge in [0.25, 0.3) is 0 Å². The number of thiazole rings is 1. The van der Waals surface area contributed by atoms with Gasteiger partial charge in [0.1, 0.15) is 13.2 Å². The van der Waals surface area contributed by atoms with Crippen molar-refractivity contribution in [3.05, 3.63) is 95.4 Å². The topological polar surface area (TPSA) is 60.5 Å². The molecule has 0 saturated heterocycles. The van der Waals surface area contributed by atoms with E-state index in [1.165, 1.54) is 11.3 Å². The predicted molar refractivity (Wildman–Crippen MR) is 127 cm³/mol. The summed E-state index contributed by atoms with van der Waals surface area (Å²) in [6.45, 7) is 1.10. The molecule has 6 heteroatoms. The maximum atomic E-state index is 12.9. The lowest BCUT2D eigenvalue weighted by atomic mass is 9.88. The van der Waals surface area contributed by atoms with Crippen LogP contribution in [-0.4, -0.2) is 24.1 Å². The van der Waals surface area contributed by atoms with E-state index in [1.54, 1.807) is 0 Å². The van der Waals surface area contributed by atoms with Gasteiger partial charge in [-0.15, -0.1) is 11.3 Å². The zero-order chi connectivity index (χ0) is 21.8. The van der Waals surface area contributed by atoms with E-state index >= 15 is 0 Å². The molecule has 1 N–H and O–H groups in total. The van der Waals surface area contributed by atoms with Crippen LogP contribution in [0.15, 0.2) is 84.2 Å². The molecule has 2 heterocycles. The van der Waals surface area contributed by atoms with Crippen molar-refractivity contribution in [3.63, 3.8) is 0 Å². The Hall–Kier alpha value is -3.64. The summed E-state index contributed by atoms with van der Waals surface area (Å²) in [4.78, 5) is 17.5. The van der Waals surface area contributed by atoms with Crippen molar-refractivity contribution in [1.82, 2.24) is 4.98 Å². The summed E-state index contributed by atoms with van der Waals surface area (Å²) in [6, 6.07) is 26.0. The zero-order valence-corrected chi connectivity index (χ0v) is 18.2. The summed E-state index contributed by atoms with van der Waals surface area (Å²) in [5, 5.41) is 5.50. The highest BCUT2D eigenvalue weighted by atomic mass is 32.1. The third-order valence-corrected chi connectivity index (χ3v) is 6.14. The largest absolute Gasteiger partial charge is 0.486 e. The van der Waals surface area contributed by atoms with Crippen LogP contribution in [0, 0.1) is 0 Å². The number of aromatic nitrogens is 1. The fraction of sp³-hybridized carbons (Fsp3) is 0.154. The Morgan fingerprint density at radius 2 is 1.56 bits per heavy atom. The first-order valence-corrected chi connectivity index (χ1v) is 11.4. The molecule has 0 bridgehead atoms. The molecule has 5 rings (SSSR count). The van der Waals surface area contributed by atoms with E-state index in [9.17, 15) is 4.79 Å². The van der Waals surface area contributed by atoms with Gasteiger partial charge in [0.15, 0.2) is 16.6 Å². The van der Waals surface area contributed by atoms with Crippen molar-refractivity contribution in [3.8, 4) is 22.8 Å². The number of hydrogen-bond donors (Lipinski definition) is 1. The summed E-state index contributed by atoms with van der Waals surface area (Å²) >= 11 is 1.41. The maximum absolute atomic E-state index is 12.9. The molecule has 4 aromatic rings. The van der Waals surface area contributed by atoms with Crippen molar-refractivity contribution in [1.29, 1.82) is 0 Å². The van der Waals surface area contributed by atoms with E-state index in [-0.39, 0.29) is 11.8 Å². The van der Waals surface area contributed by atoms with Crippen LogP contribution in [0.2, 0.25) is 0 Å². The Morgan fingerprint density at radius 3 is 2.25 bits per heavy atom. The van der Waals surface area contributed by atoms with Gasteiger partial charge in [-0.05, 0) is 29.3 Å². The van der Waals surface area contributed by atoms with Crippen LogP contribution in [0.25, 0.3) is 11.3 Å². The number of nitrogens with zero attached hydrogens (tertiary/aromatic N) is 1. The second kappa shape index (κ2) is 9.24. The molecule has 0 atom stereocenters. The lowest BCUT2D eigenvalue weighted by molar-refractivity contribution is -0.116. The van der Waals surface area contributed by atoms with Gasteiger partial charge >= 0.3 is 0 Å². The van der Waals surface area contributed by atoms with Crippen LogP contribution in [0.4, 0.5) is 5.13 Å². The predicted octanol–water partition coefficient (Wildman–Crippen LogP) is 5.74. The zero-order valence-electron chi connectivity index (χ0n) is 17.4. The summed E-state index contributed by atoms with van der Waals surface area (Å²) in [7, 11) is 0. The van der Waals surface area contributed by atoms with Crippen LogP contribution < -0.4 is 14.8 Å².